The van der Waals surface area contributed by atoms with Gasteiger partial charge in [0.1, 0.15) is 11.6 Å². The number of hydrogen-bond donors (Lipinski definition) is 2. The second-order valence-electron chi connectivity index (χ2n) is 6.38. The second-order valence-corrected chi connectivity index (χ2v) is 8.50. The molecule has 0 saturated carbocycles. The molecule has 2 N–H and O–H groups in total. The quantitative estimate of drug-likeness (QED) is 0.553. The summed E-state index contributed by atoms with van der Waals surface area (Å²) in [5.74, 6) is -0.319. The topological polar surface area (TPSA) is 84.5 Å². The number of aryl methyl sites for hydroxylation is 1. The normalized spacial score (nSPS) is 11.0. The number of anilines is 2. The number of hydrogen-bond acceptors (Lipinski definition) is 4. The van der Waals surface area contributed by atoms with Gasteiger partial charge in [-0.25, -0.2) is 12.8 Å². The van der Waals surface area contributed by atoms with E-state index >= 15 is 0 Å². The fraction of sp³-hybridized carbons (Fsp3) is 0.0952. The summed E-state index contributed by atoms with van der Waals surface area (Å²) >= 11 is 5.89. The van der Waals surface area contributed by atoms with Crippen LogP contribution < -0.4 is 14.8 Å². The van der Waals surface area contributed by atoms with E-state index in [4.69, 9.17) is 16.3 Å². The van der Waals surface area contributed by atoms with Gasteiger partial charge >= 0.3 is 0 Å². The molecule has 0 saturated heterocycles. The van der Waals surface area contributed by atoms with E-state index in [9.17, 15) is 17.6 Å². The van der Waals surface area contributed by atoms with Crippen molar-refractivity contribution in [1.29, 1.82) is 0 Å². The van der Waals surface area contributed by atoms with Crippen molar-refractivity contribution < 1.29 is 22.3 Å². The summed E-state index contributed by atoms with van der Waals surface area (Å²) in [5.41, 5.74) is 1.46. The zero-order valence-electron chi connectivity index (χ0n) is 15.9. The summed E-state index contributed by atoms with van der Waals surface area (Å²) in [6.45, 7) is 1.60. The first kappa shape index (κ1) is 21.6. The van der Waals surface area contributed by atoms with Crippen LogP contribution in [0.2, 0.25) is 5.02 Å². The Morgan fingerprint density at radius 1 is 1.00 bits per heavy atom. The third-order valence-corrected chi connectivity index (χ3v) is 5.67. The van der Waals surface area contributed by atoms with E-state index in [2.05, 4.69) is 10.0 Å². The van der Waals surface area contributed by atoms with Gasteiger partial charge in [0.2, 0.25) is 0 Å². The Labute approximate surface area is 178 Å². The monoisotopic (exact) mass is 448 g/mol. The smallest absolute Gasteiger partial charge is 0.262 e. The van der Waals surface area contributed by atoms with Gasteiger partial charge < -0.3 is 10.1 Å². The lowest BCUT2D eigenvalue weighted by Gasteiger charge is -2.11. The molecule has 0 atom stereocenters. The maximum atomic E-state index is 13.0. The highest BCUT2D eigenvalue weighted by atomic mass is 35.5. The number of sulfonamides is 1. The Bertz CT molecular complexity index is 1150. The van der Waals surface area contributed by atoms with Crippen molar-refractivity contribution in [3.63, 3.8) is 0 Å². The third-order valence-electron chi connectivity index (χ3n) is 4.04. The average molecular weight is 449 g/mol. The summed E-state index contributed by atoms with van der Waals surface area (Å²) in [6, 6.07) is 15.7. The maximum absolute atomic E-state index is 13.0. The second kappa shape index (κ2) is 9.15. The Morgan fingerprint density at radius 3 is 2.27 bits per heavy atom. The molecule has 0 fully saturated rings. The molecule has 156 valence electrons. The molecule has 9 heteroatoms. The first-order valence-electron chi connectivity index (χ1n) is 8.80. The minimum Gasteiger partial charge on any atom is -0.483 e. The van der Waals surface area contributed by atoms with Gasteiger partial charge in [0.25, 0.3) is 15.9 Å². The van der Waals surface area contributed by atoms with Gasteiger partial charge in [-0.05, 0) is 79.2 Å². The minimum atomic E-state index is -3.85. The summed E-state index contributed by atoms with van der Waals surface area (Å²) < 4.78 is 45.6. The van der Waals surface area contributed by atoms with Crippen LogP contribution >= 0.6 is 11.6 Å². The van der Waals surface area contributed by atoms with Gasteiger partial charge in [-0.1, -0.05) is 11.6 Å². The van der Waals surface area contributed by atoms with Crippen molar-refractivity contribution in [3.8, 4) is 5.75 Å². The molecule has 0 aromatic heterocycles. The SMILES string of the molecule is Cc1cc(Cl)ccc1OCC(=O)Nc1ccc(S(=O)(=O)Nc2ccc(F)cc2)cc1. The lowest BCUT2D eigenvalue weighted by Crippen LogP contribution is -2.20. The van der Waals surface area contributed by atoms with Gasteiger partial charge in [-0.2, -0.15) is 0 Å². The highest BCUT2D eigenvalue weighted by molar-refractivity contribution is 7.92. The van der Waals surface area contributed by atoms with E-state index in [1.165, 1.54) is 36.4 Å². The third kappa shape index (κ3) is 5.71. The number of rotatable bonds is 7. The lowest BCUT2D eigenvalue weighted by atomic mass is 10.2. The van der Waals surface area contributed by atoms with Crippen LogP contribution in [0.15, 0.2) is 71.6 Å². The highest BCUT2D eigenvalue weighted by Crippen LogP contribution is 2.22. The summed E-state index contributed by atoms with van der Waals surface area (Å²) in [6.07, 6.45) is 0. The molecule has 0 bridgehead atoms. The van der Waals surface area contributed by atoms with Gasteiger partial charge in [-0.3, -0.25) is 9.52 Å². The molecule has 3 aromatic rings. The highest BCUT2D eigenvalue weighted by Gasteiger charge is 2.14. The molecule has 30 heavy (non-hydrogen) atoms. The van der Waals surface area contributed by atoms with Crippen LogP contribution in [0.5, 0.6) is 5.75 Å². The molecule has 0 radical (unpaired) electrons. The molecular formula is C21H18ClFN2O4S. The van der Waals surface area contributed by atoms with Crippen LogP contribution in [0.3, 0.4) is 0 Å². The Hall–Kier alpha value is -3.10. The molecule has 6 nitrogen and oxygen atoms in total. The minimum absolute atomic E-state index is 0.00198. The number of carbonyl (C=O) groups excluding carboxylic acids is 1. The fourth-order valence-corrected chi connectivity index (χ4v) is 3.85. The van der Waals surface area contributed by atoms with Crippen molar-refractivity contribution in [2.24, 2.45) is 0 Å². The number of halogens is 2. The van der Waals surface area contributed by atoms with Crippen molar-refractivity contribution in [1.82, 2.24) is 0 Å². The first-order chi connectivity index (χ1) is 14.2. The van der Waals surface area contributed by atoms with E-state index in [-0.39, 0.29) is 17.2 Å². The number of nitrogens with one attached hydrogen (secondary N) is 2. The number of amides is 1. The van der Waals surface area contributed by atoms with E-state index in [0.717, 1.165) is 17.7 Å². The van der Waals surface area contributed by atoms with Gasteiger partial charge in [0.05, 0.1) is 4.90 Å². The summed E-state index contributed by atoms with van der Waals surface area (Å²) in [4.78, 5) is 12.1. The van der Waals surface area contributed by atoms with Crippen molar-refractivity contribution in [2.75, 3.05) is 16.6 Å². The number of carbonyl (C=O) groups is 1. The van der Waals surface area contributed by atoms with E-state index in [0.29, 0.717) is 16.5 Å². The van der Waals surface area contributed by atoms with Crippen molar-refractivity contribution in [2.45, 2.75) is 11.8 Å². The Morgan fingerprint density at radius 2 is 1.63 bits per heavy atom. The largest absolute Gasteiger partial charge is 0.483 e. The van der Waals surface area contributed by atoms with Crippen LogP contribution in [0.4, 0.5) is 15.8 Å². The number of ether oxygens (including phenoxy) is 1. The molecular weight excluding hydrogens is 431 g/mol. The molecule has 1 amide bonds. The van der Waals surface area contributed by atoms with Crippen LogP contribution in [0, 0.1) is 12.7 Å². The fourth-order valence-electron chi connectivity index (χ4n) is 2.56. The molecule has 0 aliphatic rings. The molecule has 3 rings (SSSR count). The maximum Gasteiger partial charge on any atom is 0.262 e. The van der Waals surface area contributed by atoms with Gasteiger partial charge in [0, 0.05) is 16.4 Å². The van der Waals surface area contributed by atoms with Crippen molar-refractivity contribution in [3.05, 3.63) is 83.1 Å². The summed E-state index contributed by atoms with van der Waals surface area (Å²) in [5, 5.41) is 3.21. The molecule has 0 unspecified atom stereocenters. The molecule has 0 aliphatic heterocycles. The predicted molar refractivity (Wildman–Crippen MR) is 114 cm³/mol. The average Bonchev–Trinajstić information content (AvgIpc) is 2.69. The molecule has 3 aromatic carbocycles. The van der Waals surface area contributed by atoms with E-state index < -0.39 is 21.7 Å². The molecule has 0 aliphatic carbocycles. The van der Waals surface area contributed by atoms with Crippen LogP contribution in [0.1, 0.15) is 5.56 Å². The molecule has 0 spiro atoms. The molecule has 0 heterocycles. The van der Waals surface area contributed by atoms with Crippen molar-refractivity contribution >= 4 is 38.9 Å². The van der Waals surface area contributed by atoms with Gasteiger partial charge in [0.15, 0.2) is 6.61 Å². The van der Waals surface area contributed by atoms with Gasteiger partial charge in [-0.15, -0.1) is 0 Å². The summed E-state index contributed by atoms with van der Waals surface area (Å²) in [7, 11) is -3.85. The Kier molecular flexibility index (Phi) is 6.59. The standard InChI is InChI=1S/C21H18ClFN2O4S/c1-14-12-15(22)2-11-20(14)29-13-21(26)24-17-7-9-19(10-8-17)30(27,28)25-18-5-3-16(23)4-6-18/h2-12,25H,13H2,1H3,(H,24,26). The van der Waals surface area contributed by atoms with E-state index in [1.807, 2.05) is 6.92 Å². The predicted octanol–water partition coefficient (Wildman–Crippen LogP) is 4.61. The lowest BCUT2D eigenvalue weighted by molar-refractivity contribution is -0.118. The zero-order chi connectivity index (χ0) is 21.7. The van der Waals surface area contributed by atoms with E-state index in [1.54, 1.807) is 18.2 Å². The Balaban J connectivity index is 1.59. The first-order valence-corrected chi connectivity index (χ1v) is 10.7. The van der Waals surface area contributed by atoms with Crippen LogP contribution in [-0.4, -0.2) is 20.9 Å². The number of benzene rings is 3. The zero-order valence-corrected chi connectivity index (χ0v) is 17.4. The van der Waals surface area contributed by atoms with Crippen LogP contribution in [-0.2, 0) is 14.8 Å². The van der Waals surface area contributed by atoms with Crippen LogP contribution in [0.25, 0.3) is 0 Å².